The zero-order valence-electron chi connectivity index (χ0n) is 8.20. The van der Waals surface area contributed by atoms with E-state index in [1.54, 1.807) is 0 Å². The van der Waals surface area contributed by atoms with Crippen LogP contribution in [0.25, 0.3) is 0 Å². The number of pyridine rings is 1. The van der Waals surface area contributed by atoms with Crippen LogP contribution in [0, 0.1) is 0 Å². The van der Waals surface area contributed by atoms with Gasteiger partial charge in [0.2, 0.25) is 0 Å². The molecule has 0 aliphatic carbocycles. The Labute approximate surface area is 92.6 Å². The van der Waals surface area contributed by atoms with E-state index >= 15 is 0 Å². The van der Waals surface area contributed by atoms with E-state index in [9.17, 15) is 0 Å². The molecule has 1 N–H and O–H groups in total. The number of likely N-dealkylation sites (N-methyl/N-ethyl adjacent to an activating group) is 1. The van der Waals surface area contributed by atoms with Crippen molar-refractivity contribution in [2.24, 2.45) is 0 Å². The van der Waals surface area contributed by atoms with Crippen LogP contribution in [0.3, 0.4) is 0 Å². The zero-order chi connectivity index (χ0) is 9.97. The van der Waals surface area contributed by atoms with Crippen LogP contribution in [0.2, 0.25) is 0 Å². The van der Waals surface area contributed by atoms with Crippen LogP contribution in [0.15, 0.2) is 22.8 Å². The van der Waals surface area contributed by atoms with Crippen LogP contribution in [-0.2, 0) is 0 Å². The van der Waals surface area contributed by atoms with Crippen molar-refractivity contribution >= 4 is 15.9 Å². The SMILES string of the molecule is CN1CCNCC1c1ccc(Br)cn1. The molecule has 76 valence electrons. The molecule has 1 unspecified atom stereocenters. The van der Waals surface area contributed by atoms with Crippen LogP contribution in [0.5, 0.6) is 0 Å². The number of piperazine rings is 1. The first-order chi connectivity index (χ1) is 6.77. The standard InChI is InChI=1S/C10H14BrN3/c1-14-5-4-12-7-10(14)9-3-2-8(11)6-13-9/h2-3,6,10,12H,4-5,7H2,1H3. The first-order valence-corrected chi connectivity index (χ1v) is 5.59. The van der Waals surface area contributed by atoms with Crippen molar-refractivity contribution in [1.82, 2.24) is 15.2 Å². The highest BCUT2D eigenvalue weighted by Gasteiger charge is 2.20. The molecule has 1 aliphatic rings. The average Bonchev–Trinajstić information content (AvgIpc) is 2.20. The van der Waals surface area contributed by atoms with Gasteiger partial charge in [0, 0.05) is 30.3 Å². The summed E-state index contributed by atoms with van der Waals surface area (Å²) in [6.45, 7) is 3.15. The summed E-state index contributed by atoms with van der Waals surface area (Å²) in [6, 6.07) is 4.54. The maximum atomic E-state index is 4.42. The number of nitrogens with one attached hydrogen (secondary N) is 1. The molecular weight excluding hydrogens is 242 g/mol. The Morgan fingerprint density at radius 2 is 2.43 bits per heavy atom. The summed E-state index contributed by atoms with van der Waals surface area (Å²) < 4.78 is 1.03. The maximum Gasteiger partial charge on any atom is 0.0644 e. The smallest absolute Gasteiger partial charge is 0.0644 e. The third kappa shape index (κ3) is 2.13. The van der Waals surface area contributed by atoms with E-state index in [-0.39, 0.29) is 0 Å². The molecule has 0 spiro atoms. The second-order valence-corrected chi connectivity index (χ2v) is 4.52. The molecule has 0 bridgehead atoms. The van der Waals surface area contributed by atoms with Crippen molar-refractivity contribution < 1.29 is 0 Å². The Kier molecular flexibility index (Phi) is 3.15. The summed E-state index contributed by atoms with van der Waals surface area (Å²) >= 11 is 3.39. The number of hydrogen-bond donors (Lipinski definition) is 1. The molecule has 1 aliphatic heterocycles. The summed E-state index contributed by atoms with van der Waals surface area (Å²) in [6.07, 6.45) is 1.86. The lowest BCUT2D eigenvalue weighted by Crippen LogP contribution is -2.44. The lowest BCUT2D eigenvalue weighted by Gasteiger charge is -2.32. The highest BCUT2D eigenvalue weighted by atomic mass is 79.9. The fourth-order valence-electron chi connectivity index (χ4n) is 1.72. The predicted molar refractivity (Wildman–Crippen MR) is 60.2 cm³/mol. The molecule has 1 aromatic rings. The second-order valence-electron chi connectivity index (χ2n) is 3.60. The molecule has 3 nitrogen and oxygen atoms in total. The molecule has 0 saturated carbocycles. The van der Waals surface area contributed by atoms with Gasteiger partial charge in [-0.3, -0.25) is 9.88 Å². The minimum atomic E-state index is 0.414. The Balaban J connectivity index is 2.16. The van der Waals surface area contributed by atoms with Gasteiger partial charge in [0.1, 0.15) is 0 Å². The van der Waals surface area contributed by atoms with Crippen LogP contribution in [-0.4, -0.2) is 36.6 Å². The van der Waals surface area contributed by atoms with Gasteiger partial charge in [-0.25, -0.2) is 0 Å². The lowest BCUT2D eigenvalue weighted by atomic mass is 10.1. The summed E-state index contributed by atoms with van der Waals surface area (Å²) in [5.41, 5.74) is 1.14. The van der Waals surface area contributed by atoms with Crippen LogP contribution in [0.4, 0.5) is 0 Å². The van der Waals surface area contributed by atoms with Gasteiger partial charge in [-0.2, -0.15) is 0 Å². The number of aromatic nitrogens is 1. The van der Waals surface area contributed by atoms with Gasteiger partial charge >= 0.3 is 0 Å². The van der Waals surface area contributed by atoms with E-state index in [0.717, 1.165) is 29.8 Å². The fourth-order valence-corrected chi connectivity index (χ4v) is 1.96. The van der Waals surface area contributed by atoms with Gasteiger partial charge in [0.25, 0.3) is 0 Å². The van der Waals surface area contributed by atoms with Crippen molar-refractivity contribution in [3.8, 4) is 0 Å². The summed E-state index contributed by atoms with van der Waals surface area (Å²) in [4.78, 5) is 6.76. The minimum Gasteiger partial charge on any atom is -0.313 e. The largest absolute Gasteiger partial charge is 0.313 e. The molecule has 0 amide bonds. The molecular formula is C10H14BrN3. The number of rotatable bonds is 1. The van der Waals surface area contributed by atoms with Gasteiger partial charge in [0.15, 0.2) is 0 Å². The van der Waals surface area contributed by atoms with E-state index < -0.39 is 0 Å². The molecule has 14 heavy (non-hydrogen) atoms. The average molecular weight is 256 g/mol. The lowest BCUT2D eigenvalue weighted by molar-refractivity contribution is 0.198. The maximum absolute atomic E-state index is 4.42. The molecule has 1 atom stereocenters. The van der Waals surface area contributed by atoms with Crippen LogP contribution < -0.4 is 5.32 Å². The number of halogens is 1. The van der Waals surface area contributed by atoms with Gasteiger partial charge in [0.05, 0.1) is 11.7 Å². The monoisotopic (exact) mass is 255 g/mol. The van der Waals surface area contributed by atoms with Gasteiger partial charge in [-0.1, -0.05) is 0 Å². The van der Waals surface area contributed by atoms with E-state index in [4.69, 9.17) is 0 Å². The van der Waals surface area contributed by atoms with Crippen LogP contribution >= 0.6 is 15.9 Å². The van der Waals surface area contributed by atoms with E-state index in [1.807, 2.05) is 12.3 Å². The highest BCUT2D eigenvalue weighted by Crippen LogP contribution is 2.19. The van der Waals surface area contributed by atoms with Gasteiger partial charge in [-0.05, 0) is 35.1 Å². The molecule has 4 heteroatoms. The summed E-state index contributed by atoms with van der Waals surface area (Å²) in [5, 5.41) is 3.38. The van der Waals surface area contributed by atoms with Crippen molar-refractivity contribution in [2.45, 2.75) is 6.04 Å². The molecule has 2 heterocycles. The summed E-state index contributed by atoms with van der Waals surface area (Å²) in [5.74, 6) is 0. The van der Waals surface area contributed by atoms with Crippen molar-refractivity contribution in [3.63, 3.8) is 0 Å². The summed E-state index contributed by atoms with van der Waals surface area (Å²) in [7, 11) is 2.15. The number of hydrogen-bond acceptors (Lipinski definition) is 3. The molecule has 0 aromatic carbocycles. The third-order valence-corrected chi connectivity index (χ3v) is 3.07. The second kappa shape index (κ2) is 4.38. The number of nitrogens with zero attached hydrogens (tertiary/aromatic N) is 2. The molecule has 1 aromatic heterocycles. The van der Waals surface area contributed by atoms with E-state index in [0.29, 0.717) is 6.04 Å². The molecule has 2 rings (SSSR count). The molecule has 1 saturated heterocycles. The zero-order valence-corrected chi connectivity index (χ0v) is 9.79. The first-order valence-electron chi connectivity index (χ1n) is 4.80. The van der Waals surface area contributed by atoms with Crippen molar-refractivity contribution in [2.75, 3.05) is 26.7 Å². The van der Waals surface area contributed by atoms with Crippen molar-refractivity contribution in [3.05, 3.63) is 28.5 Å². The Morgan fingerprint density at radius 3 is 3.07 bits per heavy atom. The topological polar surface area (TPSA) is 28.2 Å². The quantitative estimate of drug-likeness (QED) is 0.823. The Bertz CT molecular complexity index is 299. The normalized spacial score (nSPS) is 23.7. The molecule has 1 fully saturated rings. The molecule has 0 radical (unpaired) electrons. The Morgan fingerprint density at radius 1 is 1.57 bits per heavy atom. The van der Waals surface area contributed by atoms with E-state index in [1.165, 1.54) is 0 Å². The van der Waals surface area contributed by atoms with Gasteiger partial charge in [-0.15, -0.1) is 0 Å². The van der Waals surface area contributed by atoms with E-state index in [2.05, 4.69) is 44.2 Å². The third-order valence-electron chi connectivity index (χ3n) is 2.60. The fraction of sp³-hybridized carbons (Fsp3) is 0.500. The van der Waals surface area contributed by atoms with Crippen LogP contribution in [0.1, 0.15) is 11.7 Å². The predicted octanol–water partition coefficient (Wildman–Crippen LogP) is 1.42. The minimum absolute atomic E-state index is 0.414. The highest BCUT2D eigenvalue weighted by molar-refractivity contribution is 9.10. The van der Waals surface area contributed by atoms with Crippen molar-refractivity contribution in [1.29, 1.82) is 0 Å². The first kappa shape index (κ1) is 10.1. The van der Waals surface area contributed by atoms with Gasteiger partial charge < -0.3 is 5.32 Å². The Hall–Kier alpha value is -0.450.